The summed E-state index contributed by atoms with van der Waals surface area (Å²) in [7, 11) is 0. The Morgan fingerprint density at radius 2 is 2.00 bits per heavy atom. The maximum absolute atomic E-state index is 12.4. The van der Waals surface area contributed by atoms with E-state index >= 15 is 0 Å². The number of aromatic hydroxyl groups is 1. The van der Waals surface area contributed by atoms with Crippen molar-refractivity contribution in [3.05, 3.63) is 27.8 Å². The molecule has 22 heavy (non-hydrogen) atoms. The molecule has 122 valence electrons. The highest BCUT2D eigenvalue weighted by atomic mass is 16.5. The molecule has 0 saturated carbocycles. The molecule has 1 aromatic heterocycles. The minimum atomic E-state index is -0.469. The summed E-state index contributed by atoms with van der Waals surface area (Å²) in [5.41, 5.74) is -0.469. The topological polar surface area (TPSA) is 80.0 Å². The highest BCUT2D eigenvalue weighted by molar-refractivity contribution is 5.77. The van der Waals surface area contributed by atoms with E-state index in [2.05, 4.69) is 0 Å². The highest BCUT2D eigenvalue weighted by Gasteiger charge is 2.29. The van der Waals surface area contributed by atoms with Gasteiger partial charge in [-0.3, -0.25) is 9.59 Å². The van der Waals surface area contributed by atoms with Gasteiger partial charge in [0.25, 0.3) is 0 Å². The summed E-state index contributed by atoms with van der Waals surface area (Å²) in [5.74, 6) is -0.0303. The molecular weight excluding hydrogens is 286 g/mol. The second kappa shape index (κ2) is 6.96. The summed E-state index contributed by atoms with van der Waals surface area (Å²) in [6.07, 6.45) is 0.206. The van der Waals surface area contributed by atoms with Gasteiger partial charge in [-0.2, -0.15) is 0 Å². The lowest BCUT2D eigenvalue weighted by Gasteiger charge is -2.29. The summed E-state index contributed by atoms with van der Waals surface area (Å²) in [6, 6.07) is 1.25. The number of hydrogen-bond acceptors (Lipinski definition) is 5. The predicted octanol–water partition coefficient (Wildman–Crippen LogP) is 1.64. The van der Waals surface area contributed by atoms with E-state index in [4.69, 9.17) is 9.15 Å². The fraction of sp³-hybridized carbons (Fsp3) is 0.625. The van der Waals surface area contributed by atoms with Crippen molar-refractivity contribution in [1.29, 1.82) is 0 Å². The number of morpholine rings is 1. The van der Waals surface area contributed by atoms with Crippen molar-refractivity contribution in [2.75, 3.05) is 26.3 Å². The van der Waals surface area contributed by atoms with Crippen molar-refractivity contribution in [3.63, 3.8) is 0 Å². The van der Waals surface area contributed by atoms with Gasteiger partial charge in [-0.15, -0.1) is 0 Å². The van der Waals surface area contributed by atoms with Crippen LogP contribution in [0.25, 0.3) is 0 Å². The van der Waals surface area contributed by atoms with E-state index in [1.807, 2.05) is 13.8 Å². The fourth-order valence-corrected chi connectivity index (χ4v) is 2.64. The first kappa shape index (κ1) is 16.5. The smallest absolute Gasteiger partial charge is 0.227 e. The average Bonchev–Trinajstić information content (AvgIpc) is 2.49. The Hall–Kier alpha value is -1.82. The largest absolute Gasteiger partial charge is 0.502 e. The Balaban J connectivity index is 2.23. The van der Waals surface area contributed by atoms with Gasteiger partial charge in [0.05, 0.1) is 13.2 Å². The predicted molar refractivity (Wildman–Crippen MR) is 81.0 cm³/mol. The van der Waals surface area contributed by atoms with Crippen molar-refractivity contribution in [2.45, 2.75) is 33.1 Å². The molecule has 0 radical (unpaired) electrons. The Bertz CT molecular complexity index is 587. The molecule has 1 N–H and O–H groups in total. The average molecular weight is 309 g/mol. The molecule has 1 atom stereocenters. The van der Waals surface area contributed by atoms with E-state index in [-0.39, 0.29) is 35.7 Å². The zero-order chi connectivity index (χ0) is 16.3. The maximum atomic E-state index is 12.4. The third-order valence-electron chi connectivity index (χ3n) is 3.97. The van der Waals surface area contributed by atoms with Crippen molar-refractivity contribution < 1.29 is 19.1 Å². The lowest BCUT2D eigenvalue weighted by atomic mass is 9.88. The second-order valence-electron chi connectivity index (χ2n) is 5.98. The van der Waals surface area contributed by atoms with Crippen molar-refractivity contribution in [1.82, 2.24) is 4.90 Å². The molecule has 6 heteroatoms. The molecule has 0 aliphatic carbocycles. The van der Waals surface area contributed by atoms with Crippen LogP contribution in [0.2, 0.25) is 0 Å². The quantitative estimate of drug-likeness (QED) is 0.914. The first-order chi connectivity index (χ1) is 10.4. The lowest BCUT2D eigenvalue weighted by molar-refractivity contribution is -0.136. The number of carbonyl (C=O) groups excluding carboxylic acids is 1. The van der Waals surface area contributed by atoms with Crippen molar-refractivity contribution in [2.24, 2.45) is 5.92 Å². The van der Waals surface area contributed by atoms with Crippen LogP contribution < -0.4 is 5.43 Å². The van der Waals surface area contributed by atoms with Gasteiger partial charge < -0.3 is 19.2 Å². The van der Waals surface area contributed by atoms with E-state index in [1.54, 1.807) is 11.8 Å². The Morgan fingerprint density at radius 3 is 2.59 bits per heavy atom. The van der Waals surface area contributed by atoms with E-state index in [0.717, 1.165) is 0 Å². The van der Waals surface area contributed by atoms with Crippen LogP contribution in [0.1, 0.15) is 37.7 Å². The molecular formula is C16H23NO5. The lowest BCUT2D eigenvalue weighted by Crippen LogP contribution is -2.41. The normalized spacial score (nSPS) is 16.8. The highest BCUT2D eigenvalue weighted by Crippen LogP contribution is 2.33. The molecule has 2 rings (SSSR count). The molecule has 1 fully saturated rings. The zero-order valence-electron chi connectivity index (χ0n) is 13.3. The van der Waals surface area contributed by atoms with Crippen LogP contribution in [0.4, 0.5) is 0 Å². The van der Waals surface area contributed by atoms with Crippen LogP contribution >= 0.6 is 0 Å². The maximum Gasteiger partial charge on any atom is 0.227 e. The number of amides is 1. The monoisotopic (exact) mass is 309 g/mol. The molecule has 0 spiro atoms. The number of hydrogen-bond donors (Lipinski definition) is 1. The number of rotatable bonds is 4. The van der Waals surface area contributed by atoms with Gasteiger partial charge in [0.1, 0.15) is 5.76 Å². The Labute approximate surface area is 129 Å². The van der Waals surface area contributed by atoms with Crippen LogP contribution in [0.15, 0.2) is 15.3 Å². The van der Waals surface area contributed by atoms with E-state index in [0.29, 0.717) is 32.1 Å². The third kappa shape index (κ3) is 3.68. The van der Waals surface area contributed by atoms with Crippen molar-refractivity contribution >= 4 is 5.91 Å². The molecule has 6 nitrogen and oxygen atoms in total. The summed E-state index contributed by atoms with van der Waals surface area (Å²) in [5, 5.41) is 10.0. The van der Waals surface area contributed by atoms with Crippen LogP contribution in [0.3, 0.4) is 0 Å². The Kier molecular flexibility index (Phi) is 5.24. The van der Waals surface area contributed by atoms with Gasteiger partial charge in [-0.1, -0.05) is 13.8 Å². The van der Waals surface area contributed by atoms with Crippen LogP contribution in [0, 0.1) is 12.8 Å². The number of aryl methyl sites for hydroxylation is 1. The van der Waals surface area contributed by atoms with Crippen LogP contribution in [-0.4, -0.2) is 42.2 Å². The molecule has 1 aliphatic heterocycles. The molecule has 1 aromatic rings. The minimum Gasteiger partial charge on any atom is -0.502 e. The Morgan fingerprint density at radius 1 is 1.36 bits per heavy atom. The van der Waals surface area contributed by atoms with Crippen molar-refractivity contribution in [3.8, 4) is 5.75 Å². The standard InChI is InChI=1S/C16H23NO5/c1-10(2)12(9-14(19)17-4-6-21-7-5-17)16-15(20)13(18)8-11(3)22-16/h8,10,12,20H,4-7,9H2,1-3H3/t12-/m0/s1. The summed E-state index contributed by atoms with van der Waals surface area (Å²) in [4.78, 5) is 25.9. The summed E-state index contributed by atoms with van der Waals surface area (Å²) < 4.78 is 10.8. The minimum absolute atomic E-state index is 0.00875. The van der Waals surface area contributed by atoms with E-state index in [9.17, 15) is 14.7 Å². The molecule has 1 aliphatic rings. The SMILES string of the molecule is Cc1cc(=O)c(O)c([C@@H](CC(=O)N2CCOCC2)C(C)C)o1. The summed E-state index contributed by atoms with van der Waals surface area (Å²) in [6.45, 7) is 7.79. The van der Waals surface area contributed by atoms with E-state index < -0.39 is 5.43 Å². The van der Waals surface area contributed by atoms with Crippen LogP contribution in [-0.2, 0) is 9.53 Å². The number of carbonyl (C=O) groups is 1. The molecule has 1 amide bonds. The van der Waals surface area contributed by atoms with E-state index in [1.165, 1.54) is 6.07 Å². The molecule has 0 unspecified atom stereocenters. The van der Waals surface area contributed by atoms with Crippen LogP contribution in [0.5, 0.6) is 5.75 Å². The molecule has 0 aromatic carbocycles. The first-order valence-corrected chi connectivity index (χ1v) is 7.59. The van der Waals surface area contributed by atoms with Gasteiger partial charge in [-0.25, -0.2) is 0 Å². The second-order valence-corrected chi connectivity index (χ2v) is 5.98. The van der Waals surface area contributed by atoms with Gasteiger partial charge in [0.15, 0.2) is 5.76 Å². The molecule has 0 bridgehead atoms. The van der Waals surface area contributed by atoms with Gasteiger partial charge in [0, 0.05) is 31.5 Å². The summed E-state index contributed by atoms with van der Waals surface area (Å²) >= 11 is 0. The first-order valence-electron chi connectivity index (χ1n) is 7.59. The molecule has 2 heterocycles. The van der Waals surface area contributed by atoms with Gasteiger partial charge >= 0.3 is 0 Å². The zero-order valence-corrected chi connectivity index (χ0v) is 13.3. The fourth-order valence-electron chi connectivity index (χ4n) is 2.64. The molecule has 1 saturated heterocycles. The number of nitrogens with zero attached hydrogens (tertiary/aromatic N) is 1. The van der Waals surface area contributed by atoms with Gasteiger partial charge in [-0.05, 0) is 12.8 Å². The van der Waals surface area contributed by atoms with Gasteiger partial charge in [0.2, 0.25) is 17.1 Å². The third-order valence-corrected chi connectivity index (χ3v) is 3.97. The number of ether oxygens (including phenoxy) is 1.